The van der Waals surface area contributed by atoms with Crippen molar-refractivity contribution in [3.05, 3.63) is 73.8 Å². The smallest absolute Gasteiger partial charge is 0.258 e. The molecule has 34 heavy (non-hydrogen) atoms. The van der Waals surface area contributed by atoms with Gasteiger partial charge in [-0.3, -0.25) is 9.48 Å². The van der Waals surface area contributed by atoms with Gasteiger partial charge in [-0.05, 0) is 42.7 Å². The molecule has 0 saturated carbocycles. The van der Waals surface area contributed by atoms with Crippen molar-refractivity contribution in [1.82, 2.24) is 14.1 Å². The van der Waals surface area contributed by atoms with Crippen LogP contribution >= 0.6 is 46.4 Å². The lowest BCUT2D eigenvalue weighted by atomic mass is 10.2. The first kappa shape index (κ1) is 25.3. The molecule has 1 amide bonds. The van der Waals surface area contributed by atoms with Gasteiger partial charge in [0.1, 0.15) is 4.90 Å². The number of aromatic nitrogens is 2. The molecule has 4 rings (SSSR count). The maximum Gasteiger partial charge on any atom is 0.258 e. The van der Waals surface area contributed by atoms with E-state index < -0.39 is 15.9 Å². The van der Waals surface area contributed by atoms with E-state index in [1.807, 2.05) is 6.07 Å². The molecule has 1 aliphatic rings. The normalized spacial score (nSPS) is 14.8. The number of piperidine rings is 1. The van der Waals surface area contributed by atoms with Gasteiger partial charge >= 0.3 is 0 Å². The molecule has 3 aromatic rings. The SMILES string of the molecule is O=C(Nc1ccn(Cc2ccc(Cl)c(Cl)c2)n1)c1cc(S(=O)(=O)N2CCCCC2)c(Cl)cc1Cl. The van der Waals surface area contributed by atoms with Crippen LogP contribution in [0, 0.1) is 0 Å². The number of anilines is 1. The Morgan fingerprint density at radius 3 is 2.35 bits per heavy atom. The Bertz CT molecular complexity index is 1340. The Morgan fingerprint density at radius 1 is 0.912 bits per heavy atom. The van der Waals surface area contributed by atoms with E-state index in [4.69, 9.17) is 46.4 Å². The summed E-state index contributed by atoms with van der Waals surface area (Å²) in [5, 5.41) is 7.88. The summed E-state index contributed by atoms with van der Waals surface area (Å²) >= 11 is 24.5. The molecular weight excluding hydrogens is 542 g/mol. The maximum absolute atomic E-state index is 13.1. The van der Waals surface area contributed by atoms with Crippen molar-refractivity contribution < 1.29 is 13.2 Å². The number of benzene rings is 2. The first-order valence-corrected chi connectivity index (χ1v) is 13.4. The maximum atomic E-state index is 13.1. The van der Waals surface area contributed by atoms with Crippen LogP contribution < -0.4 is 5.32 Å². The second-order valence-electron chi connectivity index (χ2n) is 7.83. The molecule has 1 saturated heterocycles. The summed E-state index contributed by atoms with van der Waals surface area (Å²) in [7, 11) is -3.85. The molecule has 2 aromatic carbocycles. The molecule has 0 aliphatic carbocycles. The van der Waals surface area contributed by atoms with Crippen LogP contribution in [0.4, 0.5) is 5.82 Å². The standard InChI is InChI=1S/C22H20Cl4N4O3S/c23-16-5-4-14(10-18(16)25)13-29-9-6-21(28-29)27-22(31)15-11-20(19(26)12-17(15)24)34(32,33)30-7-2-1-3-8-30/h4-6,9-12H,1-3,7-8,13H2,(H,27,28,31). The number of halogens is 4. The summed E-state index contributed by atoms with van der Waals surface area (Å²) < 4.78 is 29.2. The number of nitrogens with zero attached hydrogens (tertiary/aromatic N) is 3. The highest BCUT2D eigenvalue weighted by Gasteiger charge is 2.30. The zero-order chi connectivity index (χ0) is 24.5. The summed E-state index contributed by atoms with van der Waals surface area (Å²) in [5.41, 5.74) is 0.865. The number of carbonyl (C=O) groups excluding carboxylic acids is 1. The number of nitrogens with one attached hydrogen (secondary N) is 1. The van der Waals surface area contributed by atoms with Gasteiger partial charge in [0.2, 0.25) is 10.0 Å². The van der Waals surface area contributed by atoms with Crippen LogP contribution in [0.3, 0.4) is 0 Å². The molecular formula is C22H20Cl4N4O3S. The van der Waals surface area contributed by atoms with Crippen LogP contribution in [0.2, 0.25) is 20.1 Å². The van der Waals surface area contributed by atoms with Crippen molar-refractivity contribution in [2.75, 3.05) is 18.4 Å². The molecule has 2 heterocycles. The second-order valence-corrected chi connectivity index (χ2v) is 11.4. The Kier molecular flexibility index (Phi) is 7.76. The molecule has 180 valence electrons. The largest absolute Gasteiger partial charge is 0.305 e. The molecule has 12 heteroatoms. The first-order valence-electron chi connectivity index (χ1n) is 10.4. The fraction of sp³-hybridized carbons (Fsp3) is 0.273. The zero-order valence-electron chi connectivity index (χ0n) is 17.8. The zero-order valence-corrected chi connectivity index (χ0v) is 21.6. The number of hydrogen-bond acceptors (Lipinski definition) is 4. The van der Waals surface area contributed by atoms with E-state index in [2.05, 4.69) is 10.4 Å². The van der Waals surface area contributed by atoms with Crippen LogP contribution in [-0.4, -0.2) is 41.5 Å². The molecule has 1 aromatic heterocycles. The van der Waals surface area contributed by atoms with Gasteiger partial charge in [-0.15, -0.1) is 0 Å². The van der Waals surface area contributed by atoms with Crippen LogP contribution in [0.25, 0.3) is 0 Å². The predicted octanol–water partition coefficient (Wildman–Crippen LogP) is 5.97. The van der Waals surface area contributed by atoms with Crippen molar-refractivity contribution in [2.45, 2.75) is 30.7 Å². The fourth-order valence-electron chi connectivity index (χ4n) is 3.67. The van der Waals surface area contributed by atoms with Crippen LogP contribution in [0.5, 0.6) is 0 Å². The van der Waals surface area contributed by atoms with Gasteiger partial charge < -0.3 is 5.32 Å². The second kappa shape index (κ2) is 10.4. The lowest BCUT2D eigenvalue weighted by Gasteiger charge is -2.26. The van der Waals surface area contributed by atoms with Crippen LogP contribution in [0.1, 0.15) is 35.2 Å². The molecule has 0 radical (unpaired) electrons. The van der Waals surface area contributed by atoms with E-state index >= 15 is 0 Å². The number of carbonyl (C=O) groups is 1. The van der Waals surface area contributed by atoms with Crippen molar-refractivity contribution in [3.8, 4) is 0 Å². The van der Waals surface area contributed by atoms with E-state index in [1.165, 1.54) is 16.4 Å². The minimum Gasteiger partial charge on any atom is -0.305 e. The van der Waals surface area contributed by atoms with Crippen molar-refractivity contribution >= 4 is 68.2 Å². The summed E-state index contributed by atoms with van der Waals surface area (Å²) in [6.07, 6.45) is 4.23. The molecule has 0 atom stereocenters. The molecule has 0 unspecified atom stereocenters. The lowest BCUT2D eigenvalue weighted by molar-refractivity contribution is 0.102. The first-order chi connectivity index (χ1) is 16.1. The Balaban J connectivity index is 1.53. The number of sulfonamides is 1. The van der Waals surface area contributed by atoms with Crippen LogP contribution in [0.15, 0.2) is 47.5 Å². The molecule has 0 spiro atoms. The van der Waals surface area contributed by atoms with E-state index in [-0.39, 0.29) is 26.3 Å². The van der Waals surface area contributed by atoms with Crippen molar-refractivity contribution in [2.24, 2.45) is 0 Å². The van der Waals surface area contributed by atoms with Crippen molar-refractivity contribution in [3.63, 3.8) is 0 Å². The van der Waals surface area contributed by atoms with Gasteiger partial charge in [-0.25, -0.2) is 8.42 Å². The Labute approximate surface area is 217 Å². The average Bonchev–Trinajstić information content (AvgIpc) is 3.23. The highest BCUT2D eigenvalue weighted by atomic mass is 35.5. The molecule has 0 bridgehead atoms. The van der Waals surface area contributed by atoms with Crippen molar-refractivity contribution in [1.29, 1.82) is 0 Å². The van der Waals surface area contributed by atoms with Gasteiger partial charge in [0, 0.05) is 25.4 Å². The van der Waals surface area contributed by atoms with Gasteiger partial charge in [-0.1, -0.05) is 58.9 Å². The third kappa shape index (κ3) is 5.53. The number of hydrogen-bond donors (Lipinski definition) is 1. The highest BCUT2D eigenvalue weighted by molar-refractivity contribution is 7.89. The van der Waals surface area contributed by atoms with Gasteiger partial charge in [0.15, 0.2) is 5.82 Å². The van der Waals surface area contributed by atoms with E-state index in [0.29, 0.717) is 29.7 Å². The van der Waals surface area contributed by atoms with E-state index in [9.17, 15) is 13.2 Å². The molecule has 1 fully saturated rings. The summed E-state index contributed by atoms with van der Waals surface area (Å²) in [4.78, 5) is 12.8. The molecule has 1 aliphatic heterocycles. The monoisotopic (exact) mass is 560 g/mol. The lowest BCUT2D eigenvalue weighted by Crippen LogP contribution is -2.35. The quantitative estimate of drug-likeness (QED) is 0.401. The topological polar surface area (TPSA) is 84.3 Å². The Hall–Kier alpha value is -1.81. The summed E-state index contributed by atoms with van der Waals surface area (Å²) in [6, 6.07) is 9.37. The molecule has 1 N–H and O–H groups in total. The van der Waals surface area contributed by atoms with E-state index in [1.54, 1.807) is 29.1 Å². The fourth-order valence-corrected chi connectivity index (χ4v) is 6.34. The molecule has 7 nitrogen and oxygen atoms in total. The average molecular weight is 562 g/mol. The highest BCUT2D eigenvalue weighted by Crippen LogP contribution is 2.32. The van der Waals surface area contributed by atoms with Gasteiger partial charge in [-0.2, -0.15) is 9.40 Å². The predicted molar refractivity (Wildman–Crippen MR) is 135 cm³/mol. The third-order valence-electron chi connectivity index (χ3n) is 5.41. The van der Waals surface area contributed by atoms with Crippen LogP contribution in [-0.2, 0) is 16.6 Å². The van der Waals surface area contributed by atoms with E-state index in [0.717, 1.165) is 24.8 Å². The summed E-state index contributed by atoms with van der Waals surface area (Å²) in [5.74, 6) is -0.326. The third-order valence-corrected chi connectivity index (χ3v) is 8.82. The number of rotatable bonds is 6. The minimum atomic E-state index is -3.85. The van der Waals surface area contributed by atoms with Gasteiger partial charge in [0.25, 0.3) is 5.91 Å². The Morgan fingerprint density at radius 2 is 1.65 bits per heavy atom. The van der Waals surface area contributed by atoms with Gasteiger partial charge in [0.05, 0.1) is 32.2 Å². The number of amides is 1. The minimum absolute atomic E-state index is 0.0133. The summed E-state index contributed by atoms with van der Waals surface area (Å²) in [6.45, 7) is 1.24.